The zero-order valence-electron chi connectivity index (χ0n) is 12.9. The molecule has 1 aliphatic heterocycles. The highest BCUT2D eigenvalue weighted by atomic mass is 19.1. The van der Waals surface area contributed by atoms with E-state index in [0.717, 1.165) is 12.8 Å². The van der Waals surface area contributed by atoms with Gasteiger partial charge in [0, 0.05) is 19.2 Å². The largest absolute Gasteiger partial charge is 0.481 e. The zero-order valence-corrected chi connectivity index (χ0v) is 12.9. The van der Waals surface area contributed by atoms with E-state index in [4.69, 9.17) is 4.74 Å². The van der Waals surface area contributed by atoms with Gasteiger partial charge in [-0.05, 0) is 43.7 Å². The van der Waals surface area contributed by atoms with Crippen molar-refractivity contribution in [3.63, 3.8) is 0 Å². The summed E-state index contributed by atoms with van der Waals surface area (Å²) in [6.07, 6.45) is 1.32. The van der Waals surface area contributed by atoms with Gasteiger partial charge < -0.3 is 14.7 Å². The van der Waals surface area contributed by atoms with Crippen LogP contribution >= 0.6 is 0 Å². The lowest BCUT2D eigenvalue weighted by molar-refractivity contribution is -0.143. The number of hydrogen-bond acceptors (Lipinski definition) is 3. The maximum atomic E-state index is 13.2. The molecule has 1 N–H and O–H groups in total. The highest BCUT2D eigenvalue weighted by Crippen LogP contribution is 2.44. The van der Waals surface area contributed by atoms with E-state index in [1.807, 2.05) is 0 Å². The van der Waals surface area contributed by atoms with Gasteiger partial charge in [-0.15, -0.1) is 0 Å². The van der Waals surface area contributed by atoms with Crippen molar-refractivity contribution in [1.29, 1.82) is 0 Å². The Kier molecular flexibility index (Phi) is 4.24. The molecular weight excluding hydrogens is 301 g/mol. The Hall–Kier alpha value is -2.11. The van der Waals surface area contributed by atoms with Gasteiger partial charge in [-0.2, -0.15) is 0 Å². The number of likely N-dealkylation sites (tertiary alicyclic amines) is 1. The summed E-state index contributed by atoms with van der Waals surface area (Å²) in [7, 11) is 0. The first-order chi connectivity index (χ1) is 11.0. The Bertz CT molecular complexity index is 616. The Morgan fingerprint density at radius 1 is 1.35 bits per heavy atom. The van der Waals surface area contributed by atoms with Gasteiger partial charge in [0.2, 0.25) is 0 Å². The standard InChI is InChI=1S/C17H20FNO4/c1-10(23-13-4-2-3-12(18)7-13)16(20)19-8-14(11-5-6-11)15(9-19)17(21)22/h2-4,7,10-11,14-15H,5-6,8-9H2,1H3,(H,21,22)/t10?,14-,15+/m1/s1. The van der Waals surface area contributed by atoms with Crippen LogP contribution in [-0.2, 0) is 9.59 Å². The number of carboxylic acid groups (broad SMARTS) is 1. The van der Waals surface area contributed by atoms with E-state index in [1.54, 1.807) is 17.9 Å². The quantitative estimate of drug-likeness (QED) is 0.902. The molecule has 1 heterocycles. The molecule has 2 fully saturated rings. The highest BCUT2D eigenvalue weighted by Gasteiger charge is 2.47. The summed E-state index contributed by atoms with van der Waals surface area (Å²) in [6, 6.07) is 5.63. The van der Waals surface area contributed by atoms with E-state index >= 15 is 0 Å². The fourth-order valence-electron chi connectivity index (χ4n) is 3.32. The van der Waals surface area contributed by atoms with Crippen molar-refractivity contribution >= 4 is 11.9 Å². The van der Waals surface area contributed by atoms with Crippen molar-refractivity contribution < 1.29 is 23.8 Å². The molecule has 0 aromatic heterocycles. The van der Waals surface area contributed by atoms with Gasteiger partial charge in [-0.1, -0.05) is 6.07 Å². The van der Waals surface area contributed by atoms with Gasteiger partial charge in [0.05, 0.1) is 5.92 Å². The number of hydrogen-bond donors (Lipinski definition) is 1. The van der Waals surface area contributed by atoms with E-state index in [2.05, 4.69) is 0 Å². The minimum absolute atomic E-state index is 0.0396. The predicted molar refractivity (Wildman–Crippen MR) is 80.4 cm³/mol. The molecule has 0 bridgehead atoms. The van der Waals surface area contributed by atoms with Crippen LogP contribution < -0.4 is 4.74 Å². The van der Waals surface area contributed by atoms with Gasteiger partial charge in [-0.25, -0.2) is 4.39 Å². The monoisotopic (exact) mass is 321 g/mol. The molecule has 0 spiro atoms. The number of carboxylic acids is 1. The minimum atomic E-state index is -0.837. The van der Waals surface area contributed by atoms with Crippen LogP contribution in [0.2, 0.25) is 0 Å². The number of ether oxygens (including phenoxy) is 1. The highest BCUT2D eigenvalue weighted by molar-refractivity contribution is 5.82. The normalized spacial score (nSPS) is 25.2. The maximum absolute atomic E-state index is 13.2. The van der Waals surface area contributed by atoms with Crippen LogP contribution in [0.25, 0.3) is 0 Å². The Balaban J connectivity index is 1.64. The molecule has 3 atom stereocenters. The molecule has 3 rings (SSSR count). The van der Waals surface area contributed by atoms with Crippen molar-refractivity contribution in [2.45, 2.75) is 25.9 Å². The molecule has 2 aliphatic rings. The van der Waals surface area contributed by atoms with Gasteiger partial charge in [0.1, 0.15) is 11.6 Å². The lowest BCUT2D eigenvalue weighted by Crippen LogP contribution is -2.39. The number of carbonyl (C=O) groups excluding carboxylic acids is 1. The molecule has 1 saturated heterocycles. The number of benzene rings is 1. The molecule has 1 aromatic carbocycles. The fraction of sp³-hybridized carbons (Fsp3) is 0.529. The topological polar surface area (TPSA) is 66.8 Å². The summed E-state index contributed by atoms with van der Waals surface area (Å²) >= 11 is 0. The first-order valence-electron chi connectivity index (χ1n) is 7.89. The number of amides is 1. The Morgan fingerprint density at radius 3 is 2.70 bits per heavy atom. The van der Waals surface area contributed by atoms with E-state index in [0.29, 0.717) is 18.2 Å². The number of carbonyl (C=O) groups is 2. The Morgan fingerprint density at radius 2 is 2.09 bits per heavy atom. The third-order valence-corrected chi connectivity index (χ3v) is 4.68. The number of aliphatic carboxylic acids is 1. The summed E-state index contributed by atoms with van der Waals surface area (Å²) in [5.74, 6) is -1.25. The fourth-order valence-corrected chi connectivity index (χ4v) is 3.32. The van der Waals surface area contributed by atoms with Gasteiger partial charge >= 0.3 is 5.97 Å². The predicted octanol–water partition coefficient (Wildman–Crippen LogP) is 2.16. The van der Waals surface area contributed by atoms with Crippen LogP contribution in [-0.4, -0.2) is 41.1 Å². The number of nitrogens with zero attached hydrogens (tertiary/aromatic N) is 1. The smallest absolute Gasteiger partial charge is 0.308 e. The maximum Gasteiger partial charge on any atom is 0.308 e. The molecular formula is C17H20FNO4. The van der Waals surface area contributed by atoms with Crippen molar-refractivity contribution in [3.8, 4) is 5.75 Å². The molecule has 0 radical (unpaired) electrons. The van der Waals surface area contributed by atoms with Crippen molar-refractivity contribution in [2.75, 3.05) is 13.1 Å². The summed E-state index contributed by atoms with van der Waals surface area (Å²) < 4.78 is 18.7. The number of halogens is 1. The second kappa shape index (κ2) is 6.18. The molecule has 1 aliphatic carbocycles. The van der Waals surface area contributed by atoms with Crippen LogP contribution in [0.4, 0.5) is 4.39 Å². The molecule has 5 nitrogen and oxygen atoms in total. The lowest BCUT2D eigenvalue weighted by Gasteiger charge is -2.21. The van der Waals surface area contributed by atoms with Crippen molar-refractivity contribution in [2.24, 2.45) is 17.8 Å². The van der Waals surface area contributed by atoms with E-state index in [9.17, 15) is 19.1 Å². The van der Waals surface area contributed by atoms with Crippen LogP contribution in [0.5, 0.6) is 5.75 Å². The molecule has 1 saturated carbocycles. The molecule has 6 heteroatoms. The number of rotatable bonds is 5. The average Bonchev–Trinajstić information content (AvgIpc) is 3.24. The van der Waals surface area contributed by atoms with Gasteiger partial charge in [0.15, 0.2) is 6.10 Å². The van der Waals surface area contributed by atoms with E-state index in [-0.39, 0.29) is 18.4 Å². The summed E-state index contributed by atoms with van der Waals surface area (Å²) in [6.45, 7) is 2.30. The minimum Gasteiger partial charge on any atom is -0.481 e. The van der Waals surface area contributed by atoms with Crippen LogP contribution in [0.3, 0.4) is 0 Å². The SMILES string of the molecule is CC(Oc1cccc(F)c1)C(=O)N1C[C@H](C(=O)O)[C@@H](C2CC2)C1. The van der Waals surface area contributed by atoms with E-state index < -0.39 is 23.8 Å². The zero-order chi connectivity index (χ0) is 16.6. The van der Waals surface area contributed by atoms with Crippen LogP contribution in [0, 0.1) is 23.6 Å². The second-order valence-corrected chi connectivity index (χ2v) is 6.41. The van der Waals surface area contributed by atoms with Crippen molar-refractivity contribution in [3.05, 3.63) is 30.1 Å². The average molecular weight is 321 g/mol. The summed E-state index contributed by atoms with van der Waals surface area (Å²) in [5, 5.41) is 9.35. The lowest BCUT2D eigenvalue weighted by atomic mass is 9.92. The third-order valence-electron chi connectivity index (χ3n) is 4.68. The first kappa shape index (κ1) is 15.8. The van der Waals surface area contributed by atoms with Gasteiger partial charge in [-0.3, -0.25) is 9.59 Å². The molecule has 1 amide bonds. The third kappa shape index (κ3) is 3.46. The molecule has 1 unspecified atom stereocenters. The van der Waals surface area contributed by atoms with Crippen molar-refractivity contribution in [1.82, 2.24) is 4.90 Å². The van der Waals surface area contributed by atoms with Crippen LogP contribution in [0.1, 0.15) is 19.8 Å². The van der Waals surface area contributed by atoms with E-state index in [1.165, 1.54) is 18.2 Å². The molecule has 23 heavy (non-hydrogen) atoms. The summed E-state index contributed by atoms with van der Waals surface area (Å²) in [5.41, 5.74) is 0. The molecule has 124 valence electrons. The van der Waals surface area contributed by atoms with Crippen LogP contribution in [0.15, 0.2) is 24.3 Å². The summed E-state index contributed by atoms with van der Waals surface area (Å²) in [4.78, 5) is 25.5. The first-order valence-corrected chi connectivity index (χ1v) is 7.89. The Labute approximate surface area is 134 Å². The molecule has 1 aromatic rings. The van der Waals surface area contributed by atoms with Gasteiger partial charge in [0.25, 0.3) is 5.91 Å². The second-order valence-electron chi connectivity index (χ2n) is 6.41.